The second-order valence-electron chi connectivity index (χ2n) is 7.71. The Hall–Kier alpha value is -0.530. The third kappa shape index (κ3) is 18.1. The first-order valence-electron chi connectivity index (χ1n) is 11.4. The van der Waals surface area contributed by atoms with E-state index in [0.717, 1.165) is 18.8 Å². The number of ether oxygens (including phenoxy) is 1. The van der Waals surface area contributed by atoms with Crippen LogP contribution >= 0.6 is 0 Å². The molecule has 0 aliphatic carbocycles. The summed E-state index contributed by atoms with van der Waals surface area (Å²) in [5.74, 6) is 0.746. The quantitative estimate of drug-likeness (QED) is 0.174. The second-order valence-corrected chi connectivity index (χ2v) is 7.71. The van der Waals surface area contributed by atoms with Crippen molar-refractivity contribution in [3.05, 3.63) is 0 Å². The zero-order chi connectivity index (χ0) is 18.6. The van der Waals surface area contributed by atoms with Gasteiger partial charge in [-0.25, -0.2) is 0 Å². The molecule has 0 aliphatic rings. The number of hydrogen-bond donors (Lipinski definition) is 0. The fourth-order valence-electron chi connectivity index (χ4n) is 3.39. The van der Waals surface area contributed by atoms with E-state index in [0.29, 0.717) is 13.0 Å². The van der Waals surface area contributed by atoms with Gasteiger partial charge in [-0.2, -0.15) is 0 Å². The third-order valence-corrected chi connectivity index (χ3v) is 5.32. The van der Waals surface area contributed by atoms with Crippen LogP contribution in [0.25, 0.3) is 0 Å². The van der Waals surface area contributed by atoms with Crippen molar-refractivity contribution in [2.45, 2.75) is 130 Å². The third-order valence-electron chi connectivity index (χ3n) is 5.32. The molecule has 0 saturated heterocycles. The van der Waals surface area contributed by atoms with Crippen LogP contribution in [0.2, 0.25) is 0 Å². The first-order chi connectivity index (χ1) is 12.2. The maximum Gasteiger partial charge on any atom is 0.305 e. The van der Waals surface area contributed by atoms with E-state index in [4.69, 9.17) is 4.74 Å². The Morgan fingerprint density at radius 2 is 1.20 bits per heavy atom. The second kappa shape index (κ2) is 19.8. The van der Waals surface area contributed by atoms with Gasteiger partial charge >= 0.3 is 5.97 Å². The topological polar surface area (TPSA) is 26.3 Å². The van der Waals surface area contributed by atoms with E-state index < -0.39 is 0 Å². The zero-order valence-electron chi connectivity index (χ0n) is 17.6. The van der Waals surface area contributed by atoms with Crippen molar-refractivity contribution in [2.75, 3.05) is 6.61 Å². The van der Waals surface area contributed by atoms with Gasteiger partial charge in [0, 0.05) is 6.42 Å². The van der Waals surface area contributed by atoms with Gasteiger partial charge in [0.05, 0.1) is 6.61 Å². The van der Waals surface area contributed by atoms with Crippen LogP contribution in [0.3, 0.4) is 0 Å². The minimum Gasteiger partial charge on any atom is -0.466 e. The summed E-state index contributed by atoms with van der Waals surface area (Å²) in [6.07, 6.45) is 21.2. The molecule has 0 N–H and O–H groups in total. The standard InChI is InChI=1S/C23H46O2/c1-4-7-9-10-11-12-13-14-15-16-17-19-23(24)25-21-20-22(6-3)18-8-5-2/h22H,4-21H2,1-3H3. The molecule has 0 fully saturated rings. The zero-order valence-corrected chi connectivity index (χ0v) is 17.6. The summed E-state index contributed by atoms with van der Waals surface area (Å²) in [6, 6.07) is 0. The van der Waals surface area contributed by atoms with E-state index in [9.17, 15) is 4.79 Å². The van der Waals surface area contributed by atoms with Gasteiger partial charge < -0.3 is 4.74 Å². The number of unbranched alkanes of at least 4 members (excludes halogenated alkanes) is 11. The van der Waals surface area contributed by atoms with Crippen molar-refractivity contribution in [2.24, 2.45) is 5.92 Å². The summed E-state index contributed by atoms with van der Waals surface area (Å²) in [5, 5.41) is 0. The molecule has 0 rings (SSSR count). The normalized spacial score (nSPS) is 12.3. The summed E-state index contributed by atoms with van der Waals surface area (Å²) in [5.41, 5.74) is 0. The molecule has 0 spiro atoms. The Kier molecular flexibility index (Phi) is 19.4. The Morgan fingerprint density at radius 3 is 1.72 bits per heavy atom. The fourth-order valence-corrected chi connectivity index (χ4v) is 3.39. The first kappa shape index (κ1) is 24.5. The predicted octanol–water partition coefficient (Wildman–Crippen LogP) is 7.84. The molecule has 0 radical (unpaired) electrons. The summed E-state index contributed by atoms with van der Waals surface area (Å²) in [7, 11) is 0. The van der Waals surface area contributed by atoms with Gasteiger partial charge in [-0.1, -0.05) is 111 Å². The fraction of sp³-hybridized carbons (Fsp3) is 0.957. The highest BCUT2D eigenvalue weighted by molar-refractivity contribution is 5.69. The highest BCUT2D eigenvalue weighted by Gasteiger charge is 2.08. The van der Waals surface area contributed by atoms with Gasteiger partial charge in [0.1, 0.15) is 0 Å². The molecular weight excluding hydrogens is 308 g/mol. The maximum atomic E-state index is 11.8. The van der Waals surface area contributed by atoms with Crippen LogP contribution < -0.4 is 0 Å². The largest absolute Gasteiger partial charge is 0.466 e. The van der Waals surface area contributed by atoms with Crippen LogP contribution in [-0.2, 0) is 9.53 Å². The molecule has 150 valence electrons. The Bertz CT molecular complexity index is 275. The summed E-state index contributed by atoms with van der Waals surface area (Å²) in [6.45, 7) is 7.37. The Labute approximate surface area is 158 Å². The number of carbonyl (C=O) groups excluding carboxylic acids is 1. The van der Waals surface area contributed by atoms with Crippen LogP contribution in [0.4, 0.5) is 0 Å². The Morgan fingerprint density at radius 1 is 0.680 bits per heavy atom. The highest BCUT2D eigenvalue weighted by Crippen LogP contribution is 2.17. The van der Waals surface area contributed by atoms with Crippen molar-refractivity contribution < 1.29 is 9.53 Å². The van der Waals surface area contributed by atoms with Gasteiger partial charge in [0.25, 0.3) is 0 Å². The van der Waals surface area contributed by atoms with E-state index in [1.54, 1.807) is 0 Å². The molecule has 0 amide bonds. The summed E-state index contributed by atoms with van der Waals surface area (Å²) >= 11 is 0. The van der Waals surface area contributed by atoms with Crippen LogP contribution in [-0.4, -0.2) is 12.6 Å². The lowest BCUT2D eigenvalue weighted by Crippen LogP contribution is -2.09. The van der Waals surface area contributed by atoms with Gasteiger partial charge in [-0.05, 0) is 18.8 Å². The van der Waals surface area contributed by atoms with E-state index >= 15 is 0 Å². The van der Waals surface area contributed by atoms with E-state index in [1.165, 1.54) is 89.9 Å². The van der Waals surface area contributed by atoms with Crippen LogP contribution in [0.5, 0.6) is 0 Å². The summed E-state index contributed by atoms with van der Waals surface area (Å²) < 4.78 is 5.41. The number of esters is 1. The van der Waals surface area contributed by atoms with Gasteiger partial charge in [0.2, 0.25) is 0 Å². The number of hydrogen-bond acceptors (Lipinski definition) is 2. The average Bonchev–Trinajstić information content (AvgIpc) is 2.62. The van der Waals surface area contributed by atoms with E-state index in [2.05, 4.69) is 20.8 Å². The minimum absolute atomic E-state index is 0.0151. The average molecular weight is 355 g/mol. The highest BCUT2D eigenvalue weighted by atomic mass is 16.5. The van der Waals surface area contributed by atoms with Gasteiger partial charge in [0.15, 0.2) is 0 Å². The molecule has 0 saturated carbocycles. The minimum atomic E-state index is 0.0151. The number of carbonyl (C=O) groups is 1. The van der Waals surface area contributed by atoms with Gasteiger partial charge in [-0.3, -0.25) is 4.79 Å². The van der Waals surface area contributed by atoms with Crippen molar-refractivity contribution in [1.29, 1.82) is 0 Å². The van der Waals surface area contributed by atoms with Crippen molar-refractivity contribution in [3.8, 4) is 0 Å². The molecule has 0 heterocycles. The molecule has 1 atom stereocenters. The Balaban J connectivity index is 3.32. The van der Waals surface area contributed by atoms with E-state index in [-0.39, 0.29) is 5.97 Å². The van der Waals surface area contributed by atoms with Gasteiger partial charge in [-0.15, -0.1) is 0 Å². The van der Waals surface area contributed by atoms with Crippen LogP contribution in [0.15, 0.2) is 0 Å². The first-order valence-corrected chi connectivity index (χ1v) is 11.4. The van der Waals surface area contributed by atoms with Crippen LogP contribution in [0.1, 0.15) is 130 Å². The summed E-state index contributed by atoms with van der Waals surface area (Å²) in [4.78, 5) is 11.8. The lowest BCUT2D eigenvalue weighted by Gasteiger charge is -2.14. The molecular formula is C23H46O2. The molecule has 2 heteroatoms. The predicted molar refractivity (Wildman–Crippen MR) is 110 cm³/mol. The monoisotopic (exact) mass is 354 g/mol. The lowest BCUT2D eigenvalue weighted by molar-refractivity contribution is -0.144. The molecule has 25 heavy (non-hydrogen) atoms. The smallest absolute Gasteiger partial charge is 0.305 e. The molecule has 1 unspecified atom stereocenters. The lowest BCUT2D eigenvalue weighted by atomic mass is 9.96. The molecule has 0 aromatic rings. The SMILES string of the molecule is CCCCCCCCCCCCCC(=O)OCCC(CC)CCCC. The number of rotatable bonds is 19. The molecule has 0 aliphatic heterocycles. The van der Waals surface area contributed by atoms with Crippen LogP contribution in [0, 0.1) is 5.92 Å². The molecule has 0 bridgehead atoms. The molecule has 0 aromatic carbocycles. The van der Waals surface area contributed by atoms with Crippen molar-refractivity contribution >= 4 is 5.97 Å². The van der Waals surface area contributed by atoms with Crippen molar-refractivity contribution in [3.63, 3.8) is 0 Å². The maximum absolute atomic E-state index is 11.8. The molecule has 0 aromatic heterocycles. The molecule has 2 nitrogen and oxygen atoms in total. The van der Waals surface area contributed by atoms with Crippen molar-refractivity contribution in [1.82, 2.24) is 0 Å². The van der Waals surface area contributed by atoms with E-state index in [1.807, 2.05) is 0 Å².